The fourth-order valence-corrected chi connectivity index (χ4v) is 2.59. The Hall–Kier alpha value is -2.89. The number of hydrogen-bond acceptors (Lipinski definition) is 3. The zero-order valence-electron chi connectivity index (χ0n) is 14.6. The molecule has 2 aromatic rings. The number of aliphatic carboxylic acids is 1. The Morgan fingerprint density at radius 1 is 1.15 bits per heavy atom. The number of carbonyl (C=O) groups excluding carboxylic acids is 1. The maximum atomic E-state index is 13.6. The summed E-state index contributed by atoms with van der Waals surface area (Å²) in [6.45, 7) is 0.0556. The second kappa shape index (κ2) is 9.56. The fourth-order valence-electron chi connectivity index (χ4n) is 2.59. The zero-order chi connectivity index (χ0) is 18.9. The quantitative estimate of drug-likeness (QED) is 0.722. The Balaban J connectivity index is 1.82. The third kappa shape index (κ3) is 5.88. The number of carbonyl (C=O) groups is 2. The molecule has 0 saturated carbocycles. The highest BCUT2D eigenvalue weighted by Gasteiger charge is 2.19. The topological polar surface area (TPSA) is 75.6 Å². The average molecular weight is 359 g/mol. The highest BCUT2D eigenvalue weighted by molar-refractivity contribution is 5.77. The van der Waals surface area contributed by atoms with E-state index >= 15 is 0 Å². The van der Waals surface area contributed by atoms with Gasteiger partial charge in [0.2, 0.25) is 5.91 Å². The highest BCUT2D eigenvalue weighted by Crippen LogP contribution is 2.18. The highest BCUT2D eigenvalue weighted by atomic mass is 19.1. The molecule has 1 atom stereocenters. The van der Waals surface area contributed by atoms with E-state index < -0.39 is 17.7 Å². The van der Waals surface area contributed by atoms with Crippen LogP contribution in [-0.4, -0.2) is 30.6 Å². The Morgan fingerprint density at radius 3 is 2.50 bits per heavy atom. The number of nitrogens with one attached hydrogen (secondary N) is 1. The lowest BCUT2D eigenvalue weighted by atomic mass is 9.99. The normalized spacial score (nSPS) is 11.6. The lowest BCUT2D eigenvalue weighted by molar-refractivity contribution is -0.141. The molecule has 2 N–H and O–H groups in total. The summed E-state index contributed by atoms with van der Waals surface area (Å²) >= 11 is 0. The van der Waals surface area contributed by atoms with Crippen LogP contribution in [0.5, 0.6) is 5.75 Å². The minimum absolute atomic E-state index is 0.0556. The minimum atomic E-state index is -0.952. The zero-order valence-corrected chi connectivity index (χ0v) is 14.6. The molecule has 0 bridgehead atoms. The summed E-state index contributed by atoms with van der Waals surface area (Å²) in [5, 5.41) is 12.0. The molecular formula is C20H22FNO4. The van der Waals surface area contributed by atoms with Crippen molar-refractivity contribution in [1.82, 2.24) is 5.32 Å². The lowest BCUT2D eigenvalue weighted by Crippen LogP contribution is -2.34. The van der Waals surface area contributed by atoms with E-state index in [1.165, 1.54) is 19.2 Å². The van der Waals surface area contributed by atoms with E-state index in [2.05, 4.69) is 5.32 Å². The Kier molecular flexibility index (Phi) is 7.14. The van der Waals surface area contributed by atoms with Gasteiger partial charge < -0.3 is 15.2 Å². The Bertz CT molecular complexity index is 749. The fraction of sp³-hybridized carbons (Fsp3) is 0.300. The van der Waals surface area contributed by atoms with Crippen molar-refractivity contribution in [2.45, 2.75) is 19.3 Å². The molecule has 2 aromatic carbocycles. The Labute approximate surface area is 151 Å². The summed E-state index contributed by atoms with van der Waals surface area (Å²) in [7, 11) is 1.39. The molecule has 26 heavy (non-hydrogen) atoms. The van der Waals surface area contributed by atoms with Crippen molar-refractivity contribution >= 4 is 11.9 Å². The summed E-state index contributed by atoms with van der Waals surface area (Å²) in [5.41, 5.74) is 1.58. The van der Waals surface area contributed by atoms with Crippen LogP contribution in [0, 0.1) is 11.7 Å². The van der Waals surface area contributed by atoms with Crippen LogP contribution in [0.1, 0.15) is 17.5 Å². The van der Waals surface area contributed by atoms with Gasteiger partial charge in [-0.25, -0.2) is 4.39 Å². The molecule has 0 aliphatic heterocycles. The SMILES string of the molecule is COc1ccc(CCC(=O)NC[C@H](Cc2ccccc2)C(=O)O)cc1F. The summed E-state index contributed by atoms with van der Waals surface area (Å²) in [4.78, 5) is 23.4. The number of carboxylic acid groups (broad SMARTS) is 1. The summed E-state index contributed by atoms with van der Waals surface area (Å²) in [6.07, 6.45) is 0.868. The molecule has 0 radical (unpaired) electrons. The molecule has 6 heteroatoms. The van der Waals surface area contributed by atoms with E-state index in [4.69, 9.17) is 4.74 Å². The number of halogens is 1. The molecule has 0 saturated heterocycles. The van der Waals surface area contributed by atoms with Crippen LogP contribution in [0.4, 0.5) is 4.39 Å². The van der Waals surface area contributed by atoms with Crippen molar-refractivity contribution in [3.63, 3.8) is 0 Å². The molecule has 1 amide bonds. The maximum absolute atomic E-state index is 13.6. The number of aryl methyl sites for hydroxylation is 1. The first-order chi connectivity index (χ1) is 12.5. The van der Waals surface area contributed by atoms with Crippen LogP contribution in [0.3, 0.4) is 0 Å². The third-order valence-electron chi connectivity index (χ3n) is 4.08. The number of benzene rings is 2. The number of methoxy groups -OCH3 is 1. The van der Waals surface area contributed by atoms with Gasteiger partial charge in [-0.05, 0) is 36.1 Å². The molecule has 0 spiro atoms. The van der Waals surface area contributed by atoms with Gasteiger partial charge in [0.25, 0.3) is 0 Å². The molecular weight excluding hydrogens is 337 g/mol. The van der Waals surface area contributed by atoms with Crippen LogP contribution < -0.4 is 10.1 Å². The number of amides is 1. The van der Waals surface area contributed by atoms with E-state index in [0.29, 0.717) is 18.4 Å². The van der Waals surface area contributed by atoms with Crippen LogP contribution in [0.25, 0.3) is 0 Å². The van der Waals surface area contributed by atoms with Gasteiger partial charge in [-0.2, -0.15) is 0 Å². The van der Waals surface area contributed by atoms with Crippen LogP contribution in [0.2, 0.25) is 0 Å². The predicted octanol–water partition coefficient (Wildman–Crippen LogP) is 2.83. The second-order valence-corrected chi connectivity index (χ2v) is 6.00. The van der Waals surface area contributed by atoms with Crippen molar-refractivity contribution in [3.8, 4) is 5.75 Å². The smallest absolute Gasteiger partial charge is 0.308 e. The van der Waals surface area contributed by atoms with Gasteiger partial charge in [0.05, 0.1) is 13.0 Å². The molecule has 0 aliphatic rings. The molecule has 5 nitrogen and oxygen atoms in total. The lowest BCUT2D eigenvalue weighted by Gasteiger charge is -2.13. The summed E-state index contributed by atoms with van der Waals surface area (Å²) in [6, 6.07) is 13.8. The standard InChI is InChI=1S/C20H22FNO4/c1-26-18-9-7-15(12-17(18)21)8-10-19(23)22-13-16(20(24)25)11-14-5-3-2-4-6-14/h2-7,9,12,16H,8,10-11,13H2,1H3,(H,22,23)(H,24,25)/t16-/m0/s1. The first-order valence-electron chi connectivity index (χ1n) is 8.35. The molecule has 2 rings (SSSR count). The summed E-state index contributed by atoms with van der Waals surface area (Å²) in [5.74, 6) is -2.23. The van der Waals surface area contributed by atoms with E-state index in [9.17, 15) is 19.1 Å². The average Bonchev–Trinajstić information content (AvgIpc) is 2.64. The number of hydrogen-bond donors (Lipinski definition) is 2. The van der Waals surface area contributed by atoms with Gasteiger partial charge in [0.1, 0.15) is 0 Å². The second-order valence-electron chi connectivity index (χ2n) is 6.00. The van der Waals surface area contributed by atoms with Gasteiger partial charge >= 0.3 is 5.97 Å². The molecule has 0 unspecified atom stereocenters. The van der Waals surface area contributed by atoms with E-state index in [-0.39, 0.29) is 24.6 Å². The molecule has 138 valence electrons. The first kappa shape index (κ1) is 19.4. The molecule has 0 fully saturated rings. The van der Waals surface area contributed by atoms with E-state index in [1.807, 2.05) is 30.3 Å². The van der Waals surface area contributed by atoms with Gasteiger partial charge in [-0.1, -0.05) is 36.4 Å². The minimum Gasteiger partial charge on any atom is -0.494 e. The molecule has 0 aliphatic carbocycles. The number of rotatable bonds is 9. The van der Waals surface area contributed by atoms with Crippen molar-refractivity contribution in [2.24, 2.45) is 5.92 Å². The first-order valence-corrected chi connectivity index (χ1v) is 8.35. The van der Waals surface area contributed by atoms with Crippen LogP contribution in [0.15, 0.2) is 48.5 Å². The molecule has 0 aromatic heterocycles. The van der Waals surface area contributed by atoms with Gasteiger partial charge in [-0.3, -0.25) is 9.59 Å². The van der Waals surface area contributed by atoms with Crippen LogP contribution in [-0.2, 0) is 22.4 Å². The van der Waals surface area contributed by atoms with Crippen LogP contribution >= 0.6 is 0 Å². The summed E-state index contributed by atoms with van der Waals surface area (Å²) < 4.78 is 18.5. The molecule has 0 heterocycles. The monoisotopic (exact) mass is 359 g/mol. The Morgan fingerprint density at radius 2 is 1.88 bits per heavy atom. The van der Waals surface area contributed by atoms with Gasteiger partial charge in [-0.15, -0.1) is 0 Å². The number of ether oxygens (including phenoxy) is 1. The number of carboxylic acids is 1. The van der Waals surface area contributed by atoms with Crippen molar-refractivity contribution in [1.29, 1.82) is 0 Å². The van der Waals surface area contributed by atoms with Crippen molar-refractivity contribution < 1.29 is 23.8 Å². The predicted molar refractivity (Wildman–Crippen MR) is 95.6 cm³/mol. The van der Waals surface area contributed by atoms with Crippen molar-refractivity contribution in [2.75, 3.05) is 13.7 Å². The van der Waals surface area contributed by atoms with Crippen molar-refractivity contribution in [3.05, 3.63) is 65.5 Å². The van der Waals surface area contributed by atoms with E-state index in [1.54, 1.807) is 6.07 Å². The van der Waals surface area contributed by atoms with E-state index in [0.717, 1.165) is 5.56 Å². The van der Waals surface area contributed by atoms with Gasteiger partial charge in [0, 0.05) is 13.0 Å². The van der Waals surface area contributed by atoms with Gasteiger partial charge in [0.15, 0.2) is 11.6 Å². The maximum Gasteiger partial charge on any atom is 0.308 e. The third-order valence-corrected chi connectivity index (χ3v) is 4.08. The largest absolute Gasteiger partial charge is 0.494 e.